The van der Waals surface area contributed by atoms with Crippen LogP contribution in [0.2, 0.25) is 0 Å². The summed E-state index contributed by atoms with van der Waals surface area (Å²) in [6.07, 6.45) is 2.38. The first kappa shape index (κ1) is 33.5. The number of rotatable bonds is 4. The van der Waals surface area contributed by atoms with Gasteiger partial charge >= 0.3 is 6.85 Å². The second kappa shape index (κ2) is 11.9. The Morgan fingerprint density at radius 3 is 1.89 bits per heavy atom. The van der Waals surface area contributed by atoms with E-state index in [1.54, 1.807) is 0 Å². The van der Waals surface area contributed by atoms with Crippen LogP contribution in [0.25, 0.3) is 22.3 Å². The standard InChI is InChI=1S/C53H47BN2/c1-33-16-14-20-36(28-33)55(37-21-15-17-34(2)29-37)47-32-42-38-22-11-13-25-46(38)56(35-18-8-7-9-19-35)54-45-24-12-10-23-39(45)48-40-30-43-44(53(5,6)27-26-52(43,3)4)31-41(40)49(47)50(48)51(42)54/h7-25,28-32,48H,26-27H2,1-6H3. The van der Waals surface area contributed by atoms with Crippen LogP contribution < -0.4 is 20.6 Å². The third-order valence-corrected chi connectivity index (χ3v) is 13.7. The maximum atomic E-state index is 2.67. The Bertz CT molecular complexity index is 2710. The van der Waals surface area contributed by atoms with Crippen molar-refractivity contribution in [2.24, 2.45) is 0 Å². The van der Waals surface area contributed by atoms with Gasteiger partial charge in [0.05, 0.1) is 5.69 Å². The summed E-state index contributed by atoms with van der Waals surface area (Å²) >= 11 is 0. The molecule has 3 heteroatoms. The van der Waals surface area contributed by atoms with E-state index in [2.05, 4.69) is 197 Å². The summed E-state index contributed by atoms with van der Waals surface area (Å²) in [4.78, 5) is 5.19. The summed E-state index contributed by atoms with van der Waals surface area (Å²) in [5.41, 5.74) is 24.5. The van der Waals surface area contributed by atoms with Crippen molar-refractivity contribution in [3.63, 3.8) is 0 Å². The van der Waals surface area contributed by atoms with E-state index < -0.39 is 0 Å². The second-order valence-corrected chi connectivity index (χ2v) is 18.1. The molecule has 4 aliphatic rings. The van der Waals surface area contributed by atoms with Crippen LogP contribution in [0.15, 0.2) is 146 Å². The number of fused-ring (bicyclic) bond motifs is 9. The van der Waals surface area contributed by atoms with Crippen LogP contribution >= 0.6 is 0 Å². The largest absolute Gasteiger partial charge is 0.376 e. The van der Waals surface area contributed by atoms with Crippen LogP contribution in [0.4, 0.5) is 28.4 Å². The number of para-hydroxylation sites is 2. The van der Waals surface area contributed by atoms with Gasteiger partial charge in [-0.3, -0.25) is 0 Å². The molecule has 1 atom stereocenters. The summed E-state index contributed by atoms with van der Waals surface area (Å²) in [6.45, 7) is 14.3. The zero-order valence-electron chi connectivity index (χ0n) is 33.3. The van der Waals surface area contributed by atoms with E-state index in [0.29, 0.717) is 0 Å². The monoisotopic (exact) mass is 722 g/mol. The lowest BCUT2D eigenvalue weighted by atomic mass is 9.40. The molecular formula is C53H47BN2. The highest BCUT2D eigenvalue weighted by Crippen LogP contribution is 2.60. The van der Waals surface area contributed by atoms with Crippen LogP contribution in [0, 0.1) is 13.8 Å². The van der Waals surface area contributed by atoms with Gasteiger partial charge in [-0.05, 0) is 153 Å². The summed E-state index contributed by atoms with van der Waals surface area (Å²) in [6, 6.07) is 55.6. The fourth-order valence-corrected chi connectivity index (χ4v) is 10.9. The zero-order valence-corrected chi connectivity index (χ0v) is 33.3. The minimum atomic E-state index is 0.0285. The van der Waals surface area contributed by atoms with Crippen LogP contribution in [0.3, 0.4) is 0 Å². The van der Waals surface area contributed by atoms with Gasteiger partial charge in [-0.15, -0.1) is 0 Å². The van der Waals surface area contributed by atoms with Crippen LogP contribution in [0.1, 0.15) is 85.4 Å². The molecule has 0 aromatic heterocycles. The molecule has 0 N–H and O–H groups in total. The normalized spacial score (nSPS) is 17.4. The Hall–Kier alpha value is -5.80. The van der Waals surface area contributed by atoms with Crippen LogP contribution in [-0.4, -0.2) is 6.85 Å². The smallest absolute Gasteiger partial charge is 0.329 e. The fourth-order valence-electron chi connectivity index (χ4n) is 10.9. The summed E-state index contributed by atoms with van der Waals surface area (Å²) in [5.74, 6) is 0.132. The van der Waals surface area contributed by atoms with E-state index >= 15 is 0 Å². The SMILES string of the molecule is Cc1cccc(N(c2cccc(C)c2)c2cc3c4c5c2-c2cc6c(cc2C5c2ccccc2B4N(c2ccccc2)c2ccccc2-3)C(C)(C)CCC6(C)C)c1. The van der Waals surface area contributed by atoms with Gasteiger partial charge in [0.25, 0.3) is 0 Å². The number of nitrogens with zero attached hydrogens (tertiary/aromatic N) is 2. The molecule has 0 spiro atoms. The lowest BCUT2D eigenvalue weighted by Crippen LogP contribution is -2.62. The topological polar surface area (TPSA) is 6.48 Å². The van der Waals surface area contributed by atoms with E-state index in [-0.39, 0.29) is 23.6 Å². The minimum Gasteiger partial charge on any atom is -0.376 e. The summed E-state index contributed by atoms with van der Waals surface area (Å²) in [5, 5.41) is 0. The molecule has 0 saturated carbocycles. The second-order valence-electron chi connectivity index (χ2n) is 18.1. The van der Waals surface area contributed by atoms with Gasteiger partial charge in [0, 0.05) is 39.8 Å². The third-order valence-electron chi connectivity index (χ3n) is 13.7. The number of hydrogen-bond donors (Lipinski definition) is 0. The Morgan fingerprint density at radius 2 is 1.20 bits per heavy atom. The van der Waals surface area contributed by atoms with Gasteiger partial charge in [0.2, 0.25) is 0 Å². The van der Waals surface area contributed by atoms with Crippen LogP contribution in [0.5, 0.6) is 0 Å². The molecule has 2 aliphatic carbocycles. The van der Waals surface area contributed by atoms with Crippen LogP contribution in [-0.2, 0) is 10.8 Å². The first-order valence-corrected chi connectivity index (χ1v) is 20.5. The first-order chi connectivity index (χ1) is 27.1. The molecule has 0 bridgehead atoms. The molecule has 272 valence electrons. The predicted octanol–water partition coefficient (Wildman–Crippen LogP) is 12.5. The van der Waals surface area contributed by atoms with E-state index in [1.807, 2.05) is 0 Å². The molecule has 1 unspecified atom stereocenters. The number of aryl methyl sites for hydroxylation is 2. The van der Waals surface area contributed by atoms with Crippen molar-refractivity contribution >= 4 is 46.2 Å². The van der Waals surface area contributed by atoms with Crippen molar-refractivity contribution in [1.82, 2.24) is 0 Å². The highest BCUT2D eigenvalue weighted by molar-refractivity contribution is 6.92. The van der Waals surface area contributed by atoms with Gasteiger partial charge in [0.15, 0.2) is 0 Å². The minimum absolute atomic E-state index is 0.0285. The highest BCUT2D eigenvalue weighted by Gasteiger charge is 2.51. The molecule has 0 fully saturated rings. The van der Waals surface area contributed by atoms with E-state index in [4.69, 9.17) is 0 Å². The van der Waals surface area contributed by atoms with Crippen molar-refractivity contribution in [3.05, 3.63) is 185 Å². The van der Waals surface area contributed by atoms with E-state index in [9.17, 15) is 0 Å². The van der Waals surface area contributed by atoms with Gasteiger partial charge in [-0.2, -0.15) is 0 Å². The molecule has 11 rings (SSSR count). The molecule has 7 aromatic rings. The fraction of sp³-hybridized carbons (Fsp3) is 0.208. The summed E-state index contributed by atoms with van der Waals surface area (Å²) in [7, 11) is 0. The zero-order chi connectivity index (χ0) is 38.1. The van der Waals surface area contributed by atoms with Gasteiger partial charge < -0.3 is 9.71 Å². The maximum Gasteiger partial charge on any atom is 0.329 e. The summed E-state index contributed by atoms with van der Waals surface area (Å²) < 4.78 is 0. The Kier molecular flexibility index (Phi) is 7.10. The molecule has 0 radical (unpaired) electrons. The molecular weight excluding hydrogens is 675 g/mol. The molecule has 0 amide bonds. The molecule has 2 aliphatic heterocycles. The quantitative estimate of drug-likeness (QED) is 0.167. The third kappa shape index (κ3) is 4.70. The average Bonchev–Trinajstić information content (AvgIpc) is 3.54. The first-order valence-electron chi connectivity index (χ1n) is 20.5. The van der Waals surface area contributed by atoms with Crippen molar-refractivity contribution in [2.75, 3.05) is 9.71 Å². The van der Waals surface area contributed by atoms with Gasteiger partial charge in [0.1, 0.15) is 0 Å². The lowest BCUT2D eigenvalue weighted by Gasteiger charge is -2.44. The Labute approximate surface area is 332 Å². The van der Waals surface area contributed by atoms with Crippen molar-refractivity contribution < 1.29 is 0 Å². The van der Waals surface area contributed by atoms with E-state index in [1.165, 1.54) is 113 Å². The van der Waals surface area contributed by atoms with Gasteiger partial charge in [-0.25, -0.2) is 0 Å². The van der Waals surface area contributed by atoms with Gasteiger partial charge in [-0.1, -0.05) is 119 Å². The van der Waals surface area contributed by atoms with Crippen molar-refractivity contribution in [1.29, 1.82) is 0 Å². The lowest BCUT2D eigenvalue weighted by molar-refractivity contribution is 0.332. The Balaban J connectivity index is 1.33. The molecule has 0 saturated heterocycles. The van der Waals surface area contributed by atoms with Crippen molar-refractivity contribution in [2.45, 2.75) is 71.1 Å². The predicted molar refractivity (Wildman–Crippen MR) is 238 cm³/mol. The number of benzene rings is 7. The molecule has 2 heterocycles. The Morgan fingerprint density at radius 1 is 0.571 bits per heavy atom. The maximum absolute atomic E-state index is 2.67. The molecule has 56 heavy (non-hydrogen) atoms. The highest BCUT2D eigenvalue weighted by atomic mass is 15.1. The average molecular weight is 723 g/mol. The number of hydrogen-bond acceptors (Lipinski definition) is 2. The van der Waals surface area contributed by atoms with E-state index in [0.717, 1.165) is 0 Å². The van der Waals surface area contributed by atoms with Crippen molar-refractivity contribution in [3.8, 4) is 22.3 Å². The number of anilines is 5. The molecule has 7 aromatic carbocycles. The molecule has 2 nitrogen and oxygen atoms in total.